The molecule has 3 nitrogen and oxygen atoms in total. The molecule has 1 aromatic heterocycles. The smallest absolute Gasteiger partial charge is 0.350 e. The number of benzene rings is 2. The molecule has 0 bridgehead atoms. The third-order valence-electron chi connectivity index (χ3n) is 4.41. The number of nitrogens with zero attached hydrogens (tertiary/aromatic N) is 1. The number of fused-ring (bicyclic) bond motifs is 1. The van der Waals surface area contributed by atoms with Gasteiger partial charge in [-0.05, 0) is 49.2 Å². The molecule has 0 aliphatic rings. The Labute approximate surface area is 149 Å². The van der Waals surface area contributed by atoms with Crippen molar-refractivity contribution >= 4 is 16.8 Å². The highest BCUT2D eigenvalue weighted by Gasteiger charge is 2.29. The molecule has 6 heteroatoms. The van der Waals surface area contributed by atoms with E-state index >= 15 is 0 Å². The van der Waals surface area contributed by atoms with Gasteiger partial charge in [0.15, 0.2) is 0 Å². The molecular weight excluding hydrogens is 341 g/mol. The van der Waals surface area contributed by atoms with Crippen LogP contribution in [0, 0.1) is 6.92 Å². The topological polar surface area (TPSA) is 34.0 Å². The maximum absolute atomic E-state index is 12.6. The van der Waals surface area contributed by atoms with Crippen molar-refractivity contribution in [2.24, 2.45) is 7.05 Å². The van der Waals surface area contributed by atoms with Crippen molar-refractivity contribution in [3.8, 4) is 0 Å². The minimum absolute atomic E-state index is 0.201. The Morgan fingerprint density at radius 1 is 1.08 bits per heavy atom. The second-order valence-electron chi connectivity index (χ2n) is 6.35. The first kappa shape index (κ1) is 18.0. The maximum atomic E-state index is 12.6. The van der Waals surface area contributed by atoms with E-state index in [-0.39, 0.29) is 5.91 Å². The Balaban J connectivity index is 1.63. The number of amides is 1. The van der Waals surface area contributed by atoms with Gasteiger partial charge in [0, 0.05) is 24.5 Å². The number of halogens is 3. The van der Waals surface area contributed by atoms with Gasteiger partial charge in [-0.15, -0.1) is 0 Å². The number of nitrogens with one attached hydrogen (secondary N) is 1. The molecule has 1 amide bonds. The number of aryl methyl sites for hydroxylation is 2. The average Bonchev–Trinajstić information content (AvgIpc) is 2.90. The summed E-state index contributed by atoms with van der Waals surface area (Å²) in [7, 11) is 1.84. The summed E-state index contributed by atoms with van der Waals surface area (Å²) in [5.74, 6) is -0.201. The molecule has 1 N–H and O–H groups in total. The molecule has 2 aromatic carbocycles. The van der Waals surface area contributed by atoms with Crippen LogP contribution in [0.3, 0.4) is 0 Å². The van der Waals surface area contributed by atoms with E-state index in [0.29, 0.717) is 18.7 Å². The summed E-state index contributed by atoms with van der Waals surface area (Å²) in [4.78, 5) is 12.4. The van der Waals surface area contributed by atoms with E-state index in [2.05, 4.69) is 5.32 Å². The van der Waals surface area contributed by atoms with Crippen molar-refractivity contribution < 1.29 is 18.0 Å². The second-order valence-corrected chi connectivity index (χ2v) is 6.35. The molecule has 0 atom stereocenters. The van der Waals surface area contributed by atoms with Crippen molar-refractivity contribution in [1.82, 2.24) is 9.88 Å². The maximum Gasteiger partial charge on any atom is 0.416 e. The van der Waals surface area contributed by atoms with Crippen LogP contribution in [0.25, 0.3) is 10.9 Å². The van der Waals surface area contributed by atoms with Gasteiger partial charge in [-0.1, -0.05) is 23.8 Å². The van der Waals surface area contributed by atoms with Gasteiger partial charge in [0.25, 0.3) is 5.91 Å². The SMILES string of the molecule is Cc1ccc2c(c1)cc(C(=O)NCCc1ccc(C(F)(F)F)cc1)n2C. The zero-order chi connectivity index (χ0) is 18.9. The van der Waals surface area contributed by atoms with Crippen LogP contribution in [0.2, 0.25) is 0 Å². The molecule has 0 aliphatic heterocycles. The van der Waals surface area contributed by atoms with Crippen molar-refractivity contribution in [3.05, 3.63) is 70.9 Å². The third-order valence-corrected chi connectivity index (χ3v) is 4.41. The predicted octanol–water partition coefficient (Wildman–Crippen LogP) is 4.48. The normalized spacial score (nSPS) is 11.7. The number of aromatic nitrogens is 1. The Morgan fingerprint density at radius 3 is 2.42 bits per heavy atom. The minimum Gasteiger partial charge on any atom is -0.350 e. The molecule has 0 radical (unpaired) electrons. The molecule has 0 saturated heterocycles. The Kier molecular flexibility index (Phi) is 4.76. The molecule has 0 spiro atoms. The van der Waals surface area contributed by atoms with Gasteiger partial charge in [-0.2, -0.15) is 13.2 Å². The lowest BCUT2D eigenvalue weighted by Crippen LogP contribution is -2.27. The molecule has 26 heavy (non-hydrogen) atoms. The molecule has 0 aliphatic carbocycles. The largest absolute Gasteiger partial charge is 0.416 e. The van der Waals surface area contributed by atoms with Gasteiger partial charge in [-0.3, -0.25) is 4.79 Å². The van der Waals surface area contributed by atoms with E-state index in [1.54, 1.807) is 0 Å². The highest BCUT2D eigenvalue weighted by molar-refractivity contribution is 5.98. The standard InChI is InChI=1S/C20H19F3N2O/c1-13-3-8-17-15(11-13)12-18(25(17)2)19(26)24-10-9-14-4-6-16(7-5-14)20(21,22)23/h3-8,11-12H,9-10H2,1-2H3,(H,24,26). The van der Waals surface area contributed by atoms with E-state index < -0.39 is 11.7 Å². The molecule has 3 rings (SSSR count). The lowest BCUT2D eigenvalue weighted by Gasteiger charge is -2.09. The fourth-order valence-electron chi connectivity index (χ4n) is 2.96. The van der Waals surface area contributed by atoms with Crippen LogP contribution in [0.15, 0.2) is 48.5 Å². The summed E-state index contributed by atoms with van der Waals surface area (Å²) in [5.41, 5.74) is 2.72. The summed E-state index contributed by atoms with van der Waals surface area (Å²) >= 11 is 0. The third kappa shape index (κ3) is 3.74. The quantitative estimate of drug-likeness (QED) is 0.731. The zero-order valence-corrected chi connectivity index (χ0v) is 14.5. The number of rotatable bonds is 4. The van der Waals surface area contributed by atoms with E-state index in [1.165, 1.54) is 12.1 Å². The van der Waals surface area contributed by atoms with Crippen LogP contribution in [0.4, 0.5) is 13.2 Å². The van der Waals surface area contributed by atoms with Crippen LogP contribution in [0.1, 0.15) is 27.2 Å². The summed E-state index contributed by atoms with van der Waals surface area (Å²) in [5, 5.41) is 3.83. The van der Waals surface area contributed by atoms with Gasteiger partial charge in [0.2, 0.25) is 0 Å². The first-order chi connectivity index (χ1) is 12.3. The number of hydrogen-bond donors (Lipinski definition) is 1. The van der Waals surface area contributed by atoms with E-state index in [1.807, 2.05) is 42.8 Å². The average molecular weight is 360 g/mol. The van der Waals surface area contributed by atoms with Gasteiger partial charge in [0.1, 0.15) is 5.69 Å². The van der Waals surface area contributed by atoms with Gasteiger partial charge < -0.3 is 9.88 Å². The molecule has 0 saturated carbocycles. The molecular formula is C20H19F3N2O. The fraction of sp³-hybridized carbons (Fsp3) is 0.250. The zero-order valence-electron chi connectivity index (χ0n) is 14.5. The first-order valence-electron chi connectivity index (χ1n) is 8.26. The summed E-state index contributed by atoms with van der Waals surface area (Å²) in [6.45, 7) is 2.35. The number of hydrogen-bond acceptors (Lipinski definition) is 1. The first-order valence-corrected chi connectivity index (χ1v) is 8.26. The lowest BCUT2D eigenvalue weighted by atomic mass is 10.1. The second kappa shape index (κ2) is 6.86. The Morgan fingerprint density at radius 2 is 1.77 bits per heavy atom. The van der Waals surface area contributed by atoms with Crippen molar-refractivity contribution in [1.29, 1.82) is 0 Å². The molecule has 3 aromatic rings. The number of carbonyl (C=O) groups is 1. The van der Waals surface area contributed by atoms with E-state index in [4.69, 9.17) is 0 Å². The van der Waals surface area contributed by atoms with Gasteiger partial charge in [-0.25, -0.2) is 0 Å². The van der Waals surface area contributed by atoms with Crippen LogP contribution >= 0.6 is 0 Å². The highest BCUT2D eigenvalue weighted by atomic mass is 19.4. The molecule has 136 valence electrons. The number of alkyl halides is 3. The van der Waals surface area contributed by atoms with Crippen LogP contribution < -0.4 is 5.32 Å². The van der Waals surface area contributed by atoms with Crippen LogP contribution in [-0.4, -0.2) is 17.0 Å². The van der Waals surface area contributed by atoms with Crippen molar-refractivity contribution in [2.45, 2.75) is 19.5 Å². The monoisotopic (exact) mass is 360 g/mol. The Hall–Kier alpha value is -2.76. The number of carbonyl (C=O) groups excluding carboxylic acids is 1. The lowest BCUT2D eigenvalue weighted by molar-refractivity contribution is -0.137. The van der Waals surface area contributed by atoms with Gasteiger partial charge in [0.05, 0.1) is 5.56 Å². The summed E-state index contributed by atoms with van der Waals surface area (Å²) < 4.78 is 39.5. The molecule has 1 heterocycles. The van der Waals surface area contributed by atoms with Crippen LogP contribution in [-0.2, 0) is 19.6 Å². The van der Waals surface area contributed by atoms with Crippen LogP contribution in [0.5, 0.6) is 0 Å². The van der Waals surface area contributed by atoms with Crippen molar-refractivity contribution in [2.75, 3.05) is 6.54 Å². The van der Waals surface area contributed by atoms with Gasteiger partial charge >= 0.3 is 6.18 Å². The molecule has 0 unspecified atom stereocenters. The van der Waals surface area contributed by atoms with E-state index in [0.717, 1.165) is 34.2 Å². The fourth-order valence-corrected chi connectivity index (χ4v) is 2.96. The summed E-state index contributed by atoms with van der Waals surface area (Å²) in [6, 6.07) is 12.8. The highest BCUT2D eigenvalue weighted by Crippen LogP contribution is 2.29. The van der Waals surface area contributed by atoms with Crippen molar-refractivity contribution in [3.63, 3.8) is 0 Å². The summed E-state index contributed by atoms with van der Waals surface area (Å²) in [6.07, 6.45) is -3.87. The van der Waals surface area contributed by atoms with E-state index in [9.17, 15) is 18.0 Å². The Bertz CT molecular complexity index is 940. The minimum atomic E-state index is -4.33. The molecule has 0 fully saturated rings. The predicted molar refractivity (Wildman–Crippen MR) is 95.1 cm³/mol.